The fourth-order valence-corrected chi connectivity index (χ4v) is 3.02. The highest BCUT2D eigenvalue weighted by Crippen LogP contribution is 2.12. The minimum atomic E-state index is -1.40. The minimum Gasteiger partial charge on any atom is -0.464 e. The maximum Gasteiger partial charge on any atom is 0.376 e. The molecule has 27 heavy (non-hydrogen) atoms. The summed E-state index contributed by atoms with van der Waals surface area (Å²) < 4.78 is 21.0. The standard InChI is InChI=1S/C20H30O6Si/c1-16(21)25-20(19(22)23-2)26-18(12-9-13-27(3,4)5)15-24-14-17-10-7-6-8-11-17/h6-11,13,18,20H,12,14-15H2,1-5H3/b13-9-/t18-,20?/m0/s1. The summed E-state index contributed by atoms with van der Waals surface area (Å²) in [7, 11) is -0.140. The zero-order valence-corrected chi connectivity index (χ0v) is 17.8. The monoisotopic (exact) mass is 394 g/mol. The van der Waals surface area contributed by atoms with Crippen molar-refractivity contribution in [3.63, 3.8) is 0 Å². The molecule has 2 atom stereocenters. The van der Waals surface area contributed by atoms with Gasteiger partial charge in [0.1, 0.15) is 0 Å². The highest BCUT2D eigenvalue weighted by Gasteiger charge is 2.27. The number of carbonyl (C=O) groups is 2. The predicted molar refractivity (Wildman–Crippen MR) is 106 cm³/mol. The summed E-state index contributed by atoms with van der Waals surface area (Å²) >= 11 is 0. The Hall–Kier alpha value is -1.96. The van der Waals surface area contributed by atoms with Crippen LogP contribution in [-0.2, 0) is 35.1 Å². The number of hydrogen-bond acceptors (Lipinski definition) is 6. The van der Waals surface area contributed by atoms with Crippen LogP contribution in [0.15, 0.2) is 42.1 Å². The van der Waals surface area contributed by atoms with Crippen LogP contribution in [0.3, 0.4) is 0 Å². The fourth-order valence-electron chi connectivity index (χ4n) is 2.17. The first-order valence-corrected chi connectivity index (χ1v) is 12.5. The first kappa shape index (κ1) is 23.1. The largest absolute Gasteiger partial charge is 0.464 e. The number of esters is 2. The van der Waals surface area contributed by atoms with E-state index in [2.05, 4.69) is 30.1 Å². The first-order chi connectivity index (χ1) is 12.7. The number of hydrogen-bond donors (Lipinski definition) is 0. The van der Waals surface area contributed by atoms with E-state index in [0.717, 1.165) is 5.56 Å². The van der Waals surface area contributed by atoms with E-state index in [0.29, 0.717) is 13.0 Å². The lowest BCUT2D eigenvalue weighted by molar-refractivity contribution is -0.210. The Morgan fingerprint density at radius 1 is 1.15 bits per heavy atom. The fraction of sp³-hybridized carbons (Fsp3) is 0.500. The summed E-state index contributed by atoms with van der Waals surface area (Å²) in [6.07, 6.45) is 0.710. The van der Waals surface area contributed by atoms with Gasteiger partial charge in [0.15, 0.2) is 0 Å². The summed E-state index contributed by atoms with van der Waals surface area (Å²) in [6.45, 7) is 8.56. The minimum absolute atomic E-state index is 0.250. The molecule has 0 aromatic heterocycles. The van der Waals surface area contributed by atoms with E-state index in [1.165, 1.54) is 14.0 Å². The third-order valence-electron chi connectivity index (χ3n) is 3.41. The van der Waals surface area contributed by atoms with Crippen molar-refractivity contribution in [3.05, 3.63) is 47.7 Å². The van der Waals surface area contributed by atoms with E-state index in [9.17, 15) is 9.59 Å². The van der Waals surface area contributed by atoms with E-state index < -0.39 is 32.4 Å². The third kappa shape index (κ3) is 10.7. The van der Waals surface area contributed by atoms with Crippen molar-refractivity contribution in [1.82, 2.24) is 0 Å². The summed E-state index contributed by atoms with van der Waals surface area (Å²) in [6, 6.07) is 9.76. The third-order valence-corrected chi connectivity index (χ3v) is 4.65. The Morgan fingerprint density at radius 3 is 2.37 bits per heavy atom. The molecule has 0 saturated heterocycles. The smallest absolute Gasteiger partial charge is 0.376 e. The average molecular weight is 395 g/mol. The topological polar surface area (TPSA) is 71.1 Å². The molecule has 0 fully saturated rings. The molecular weight excluding hydrogens is 364 g/mol. The molecule has 150 valence electrons. The van der Waals surface area contributed by atoms with Crippen molar-refractivity contribution < 1.29 is 28.5 Å². The number of ether oxygens (including phenoxy) is 4. The molecule has 0 saturated carbocycles. The normalized spacial score (nSPS) is 14.0. The molecule has 0 aliphatic rings. The van der Waals surface area contributed by atoms with Crippen molar-refractivity contribution in [2.75, 3.05) is 13.7 Å². The van der Waals surface area contributed by atoms with Crippen LogP contribution < -0.4 is 0 Å². The molecule has 1 aromatic carbocycles. The number of methoxy groups -OCH3 is 1. The van der Waals surface area contributed by atoms with Crippen LogP contribution in [0.5, 0.6) is 0 Å². The molecule has 0 radical (unpaired) electrons. The zero-order valence-electron chi connectivity index (χ0n) is 16.8. The molecule has 7 heteroatoms. The lowest BCUT2D eigenvalue weighted by Gasteiger charge is -2.22. The van der Waals surface area contributed by atoms with Crippen molar-refractivity contribution >= 4 is 20.0 Å². The second kappa shape index (κ2) is 11.7. The van der Waals surface area contributed by atoms with Crippen LogP contribution in [0, 0.1) is 0 Å². The van der Waals surface area contributed by atoms with Crippen LogP contribution in [0.25, 0.3) is 0 Å². The SMILES string of the molecule is COC(=O)C(OC(C)=O)O[C@@H](C/C=C\[Si](C)(C)C)COCc1ccccc1. The maximum absolute atomic E-state index is 11.8. The zero-order chi connectivity index (χ0) is 20.3. The average Bonchev–Trinajstić information content (AvgIpc) is 2.59. The Morgan fingerprint density at radius 2 is 1.81 bits per heavy atom. The van der Waals surface area contributed by atoms with Gasteiger partial charge in [0.2, 0.25) is 0 Å². The molecule has 0 N–H and O–H groups in total. The Balaban J connectivity index is 2.73. The molecule has 1 unspecified atom stereocenters. The molecule has 1 rings (SSSR count). The van der Waals surface area contributed by atoms with Gasteiger partial charge in [0, 0.05) is 6.92 Å². The summed E-state index contributed by atoms with van der Waals surface area (Å²) in [4.78, 5) is 23.1. The molecule has 0 amide bonds. The van der Waals surface area contributed by atoms with Crippen LogP contribution >= 0.6 is 0 Å². The van der Waals surface area contributed by atoms with Crippen LogP contribution in [0.2, 0.25) is 19.6 Å². The van der Waals surface area contributed by atoms with E-state index in [-0.39, 0.29) is 6.61 Å². The quantitative estimate of drug-likeness (QED) is 0.325. The Kier molecular flexibility index (Phi) is 9.99. The Labute approximate surface area is 162 Å². The van der Waals surface area contributed by atoms with Gasteiger partial charge in [-0.2, -0.15) is 0 Å². The van der Waals surface area contributed by atoms with Gasteiger partial charge in [-0.15, -0.1) is 0 Å². The maximum atomic E-state index is 11.8. The molecular formula is C20H30O6Si. The predicted octanol–water partition coefficient (Wildman–Crippen LogP) is 3.47. The highest BCUT2D eigenvalue weighted by atomic mass is 28.3. The molecule has 0 aliphatic heterocycles. The lowest BCUT2D eigenvalue weighted by Crippen LogP contribution is -2.36. The molecule has 0 bridgehead atoms. The number of rotatable bonds is 11. The van der Waals surface area contributed by atoms with Crippen molar-refractivity contribution in [2.24, 2.45) is 0 Å². The van der Waals surface area contributed by atoms with E-state index in [4.69, 9.17) is 14.2 Å². The van der Waals surface area contributed by atoms with E-state index in [1.807, 2.05) is 36.4 Å². The molecule has 6 nitrogen and oxygen atoms in total. The molecule has 0 spiro atoms. The van der Waals surface area contributed by atoms with Gasteiger partial charge in [0.05, 0.1) is 34.5 Å². The van der Waals surface area contributed by atoms with Crippen molar-refractivity contribution in [1.29, 1.82) is 0 Å². The lowest BCUT2D eigenvalue weighted by atomic mass is 10.2. The van der Waals surface area contributed by atoms with Gasteiger partial charge in [-0.25, -0.2) is 4.79 Å². The van der Waals surface area contributed by atoms with Crippen LogP contribution in [0.1, 0.15) is 18.9 Å². The summed E-state index contributed by atoms with van der Waals surface area (Å²) in [5, 5.41) is 0. The molecule has 0 aliphatic carbocycles. The second-order valence-corrected chi connectivity index (χ2v) is 12.3. The second-order valence-electron chi connectivity index (χ2n) is 7.23. The van der Waals surface area contributed by atoms with Gasteiger partial charge >= 0.3 is 18.2 Å². The van der Waals surface area contributed by atoms with Gasteiger partial charge in [-0.1, -0.05) is 61.7 Å². The summed E-state index contributed by atoms with van der Waals surface area (Å²) in [5.41, 5.74) is 3.23. The molecule has 0 heterocycles. The van der Waals surface area contributed by atoms with Crippen LogP contribution in [0.4, 0.5) is 0 Å². The first-order valence-electron chi connectivity index (χ1n) is 8.91. The van der Waals surface area contributed by atoms with Gasteiger partial charge in [0.25, 0.3) is 0 Å². The number of benzene rings is 1. The van der Waals surface area contributed by atoms with Gasteiger partial charge < -0.3 is 18.9 Å². The van der Waals surface area contributed by atoms with Crippen molar-refractivity contribution in [2.45, 2.75) is 52.0 Å². The highest BCUT2D eigenvalue weighted by molar-refractivity contribution is 6.80. The van der Waals surface area contributed by atoms with E-state index in [1.54, 1.807) is 0 Å². The molecule has 1 aromatic rings. The van der Waals surface area contributed by atoms with Crippen LogP contribution in [-0.4, -0.2) is 46.1 Å². The van der Waals surface area contributed by atoms with Gasteiger partial charge in [-0.05, 0) is 12.0 Å². The van der Waals surface area contributed by atoms with E-state index >= 15 is 0 Å². The Bertz CT molecular complexity index is 609. The number of carbonyl (C=O) groups excluding carboxylic acids is 2. The summed E-state index contributed by atoms with van der Waals surface area (Å²) in [5.74, 6) is -1.38. The van der Waals surface area contributed by atoms with Crippen molar-refractivity contribution in [3.8, 4) is 0 Å². The van der Waals surface area contributed by atoms with Gasteiger partial charge in [-0.3, -0.25) is 4.79 Å².